The lowest BCUT2D eigenvalue weighted by molar-refractivity contribution is 0.102. The minimum absolute atomic E-state index is 0.0643. The number of halogens is 3. The molecule has 0 atom stereocenters. The molecule has 11 heteroatoms. The molecule has 2 aromatic heterocycles. The average Bonchev–Trinajstić information content (AvgIpc) is 3.31. The number of hydrogen-bond acceptors (Lipinski definition) is 6. The van der Waals surface area contributed by atoms with Crippen LogP contribution in [-0.2, 0) is 0 Å². The Morgan fingerprint density at radius 2 is 1.93 bits per heavy atom. The summed E-state index contributed by atoms with van der Waals surface area (Å²) in [7, 11) is 0. The highest BCUT2D eigenvalue weighted by atomic mass is 35.5. The first kappa shape index (κ1) is 19.1. The topological polar surface area (TPSA) is 85.6 Å². The highest BCUT2D eigenvalue weighted by Gasteiger charge is 2.19. The van der Waals surface area contributed by atoms with E-state index in [1.54, 1.807) is 19.1 Å². The average molecular weight is 433 g/mol. The molecule has 2 heterocycles. The Bertz CT molecular complexity index is 1210. The quantitative estimate of drug-likeness (QED) is 0.520. The van der Waals surface area contributed by atoms with Crippen molar-refractivity contribution in [3.8, 4) is 17.1 Å². The van der Waals surface area contributed by atoms with Crippen molar-refractivity contribution < 1.29 is 13.6 Å². The summed E-state index contributed by atoms with van der Waals surface area (Å²) in [6.45, 7) is 1.65. The molecule has 4 aromatic rings. The maximum Gasteiger partial charge on any atom is 0.279 e. The van der Waals surface area contributed by atoms with E-state index >= 15 is 0 Å². The van der Waals surface area contributed by atoms with E-state index in [4.69, 9.17) is 11.6 Å². The summed E-state index contributed by atoms with van der Waals surface area (Å²) in [4.78, 5) is 16.8. The van der Waals surface area contributed by atoms with Crippen molar-refractivity contribution in [1.29, 1.82) is 0 Å². The molecule has 146 valence electrons. The lowest BCUT2D eigenvalue weighted by Crippen LogP contribution is -2.14. The Balaban J connectivity index is 1.54. The van der Waals surface area contributed by atoms with Gasteiger partial charge in [-0.15, -0.1) is 5.10 Å². The number of amides is 1. The number of benzene rings is 2. The summed E-state index contributed by atoms with van der Waals surface area (Å²) in [6, 6.07) is 9.77. The maximum absolute atomic E-state index is 13.4. The van der Waals surface area contributed by atoms with Crippen LogP contribution in [0.4, 0.5) is 13.9 Å². The van der Waals surface area contributed by atoms with Crippen molar-refractivity contribution in [2.75, 3.05) is 5.32 Å². The van der Waals surface area contributed by atoms with Crippen LogP contribution in [0, 0.1) is 18.6 Å². The van der Waals surface area contributed by atoms with Crippen molar-refractivity contribution in [2.45, 2.75) is 6.92 Å². The first-order valence-electron chi connectivity index (χ1n) is 8.21. The SMILES string of the molecule is Cc1c(C(=O)Nc2nc(-c3ccc(F)cc3)ns2)nnn1-c1ccc(F)c(Cl)c1. The minimum atomic E-state index is -0.556. The third-order valence-corrected chi connectivity index (χ3v) is 4.93. The summed E-state index contributed by atoms with van der Waals surface area (Å²) < 4.78 is 31.9. The van der Waals surface area contributed by atoms with Gasteiger partial charge in [0.25, 0.3) is 5.91 Å². The van der Waals surface area contributed by atoms with E-state index in [1.807, 2.05) is 0 Å². The molecular weight excluding hydrogens is 422 g/mol. The Morgan fingerprint density at radius 1 is 1.17 bits per heavy atom. The smallest absolute Gasteiger partial charge is 0.279 e. The Kier molecular flexibility index (Phi) is 5.03. The molecule has 1 amide bonds. The highest BCUT2D eigenvalue weighted by Crippen LogP contribution is 2.23. The number of nitrogens with zero attached hydrogens (tertiary/aromatic N) is 5. The number of nitrogens with one attached hydrogen (secondary N) is 1. The maximum atomic E-state index is 13.4. The van der Waals surface area contributed by atoms with Crippen molar-refractivity contribution in [2.24, 2.45) is 0 Å². The number of hydrogen-bond donors (Lipinski definition) is 1. The van der Waals surface area contributed by atoms with Crippen molar-refractivity contribution in [3.05, 3.63) is 70.5 Å². The molecule has 0 radical (unpaired) electrons. The van der Waals surface area contributed by atoms with E-state index in [0.29, 0.717) is 22.8 Å². The van der Waals surface area contributed by atoms with Gasteiger partial charge in [-0.3, -0.25) is 10.1 Å². The van der Waals surface area contributed by atoms with E-state index in [2.05, 4.69) is 25.0 Å². The summed E-state index contributed by atoms with van der Waals surface area (Å²) in [5.41, 5.74) is 1.60. The fourth-order valence-electron chi connectivity index (χ4n) is 2.55. The van der Waals surface area contributed by atoms with Gasteiger partial charge in [0.2, 0.25) is 5.13 Å². The van der Waals surface area contributed by atoms with Crippen LogP contribution in [0.3, 0.4) is 0 Å². The van der Waals surface area contributed by atoms with Crippen LogP contribution in [0.15, 0.2) is 42.5 Å². The molecule has 0 aliphatic rings. The standard InChI is InChI=1S/C18H11ClF2N6OS/c1-9-15(24-26-27(9)12-6-7-14(21)13(19)8-12)17(28)23-18-22-16(25-29-18)10-2-4-11(20)5-3-10/h2-8H,1H3,(H,22,23,25,28). The Labute approximate surface area is 172 Å². The molecular formula is C18H11ClF2N6OS. The zero-order valence-corrected chi connectivity index (χ0v) is 16.3. The van der Waals surface area contributed by atoms with Crippen molar-refractivity contribution in [1.82, 2.24) is 24.4 Å². The fourth-order valence-corrected chi connectivity index (χ4v) is 3.31. The van der Waals surface area contributed by atoms with Gasteiger partial charge in [0.1, 0.15) is 11.6 Å². The van der Waals surface area contributed by atoms with Gasteiger partial charge in [-0.05, 0) is 49.4 Å². The van der Waals surface area contributed by atoms with Gasteiger partial charge in [-0.2, -0.15) is 9.36 Å². The largest absolute Gasteiger partial charge is 0.295 e. The number of anilines is 1. The molecule has 7 nitrogen and oxygen atoms in total. The first-order chi connectivity index (χ1) is 13.9. The van der Waals surface area contributed by atoms with Gasteiger partial charge >= 0.3 is 0 Å². The lowest BCUT2D eigenvalue weighted by atomic mass is 10.2. The second-order valence-corrected chi connectivity index (χ2v) is 7.08. The molecule has 29 heavy (non-hydrogen) atoms. The van der Waals surface area contributed by atoms with Crippen molar-refractivity contribution >= 4 is 34.2 Å². The third kappa shape index (κ3) is 3.84. The van der Waals surface area contributed by atoms with Crippen LogP contribution < -0.4 is 5.32 Å². The van der Waals surface area contributed by atoms with E-state index in [1.165, 1.54) is 35.0 Å². The van der Waals surface area contributed by atoms with Crippen LogP contribution in [0.25, 0.3) is 17.1 Å². The van der Waals surface area contributed by atoms with E-state index in [0.717, 1.165) is 11.5 Å². The van der Waals surface area contributed by atoms with Crippen LogP contribution in [-0.4, -0.2) is 30.3 Å². The number of carbonyl (C=O) groups is 1. The van der Waals surface area contributed by atoms with Gasteiger partial charge in [0, 0.05) is 17.1 Å². The second kappa shape index (κ2) is 7.64. The lowest BCUT2D eigenvalue weighted by Gasteiger charge is -2.04. The molecule has 0 aliphatic heterocycles. The molecule has 2 aromatic carbocycles. The number of rotatable bonds is 4. The van der Waals surface area contributed by atoms with E-state index in [9.17, 15) is 13.6 Å². The van der Waals surface area contributed by atoms with Crippen LogP contribution in [0.5, 0.6) is 0 Å². The molecule has 4 rings (SSSR count). The predicted molar refractivity (Wildman–Crippen MR) is 104 cm³/mol. The monoisotopic (exact) mass is 432 g/mol. The molecule has 1 N–H and O–H groups in total. The van der Waals surface area contributed by atoms with Gasteiger partial charge < -0.3 is 0 Å². The molecule has 0 fully saturated rings. The number of carbonyl (C=O) groups excluding carboxylic acids is 1. The molecule has 0 saturated heterocycles. The Morgan fingerprint density at radius 3 is 2.66 bits per heavy atom. The fraction of sp³-hybridized carbons (Fsp3) is 0.0556. The zero-order valence-electron chi connectivity index (χ0n) is 14.7. The second-order valence-electron chi connectivity index (χ2n) is 5.92. The van der Waals surface area contributed by atoms with Crippen LogP contribution >= 0.6 is 23.1 Å². The van der Waals surface area contributed by atoms with Crippen LogP contribution in [0.1, 0.15) is 16.2 Å². The summed E-state index contributed by atoms with van der Waals surface area (Å²) in [5.74, 6) is -1.08. The van der Waals surface area contributed by atoms with E-state index < -0.39 is 11.7 Å². The highest BCUT2D eigenvalue weighted by molar-refractivity contribution is 7.10. The van der Waals surface area contributed by atoms with Gasteiger partial charge in [-0.1, -0.05) is 16.8 Å². The zero-order chi connectivity index (χ0) is 20.5. The molecule has 0 saturated carbocycles. The first-order valence-corrected chi connectivity index (χ1v) is 9.36. The Hall–Kier alpha value is -3.24. The normalized spacial score (nSPS) is 10.9. The molecule has 0 aliphatic carbocycles. The minimum Gasteiger partial charge on any atom is -0.295 e. The summed E-state index contributed by atoms with van der Waals surface area (Å²) in [5, 5.41) is 10.6. The number of aromatic nitrogens is 5. The third-order valence-electron chi connectivity index (χ3n) is 4.01. The van der Waals surface area contributed by atoms with Crippen LogP contribution in [0.2, 0.25) is 5.02 Å². The predicted octanol–water partition coefficient (Wildman–Crippen LogP) is 4.28. The summed E-state index contributed by atoms with van der Waals surface area (Å²) in [6.07, 6.45) is 0. The van der Waals surface area contributed by atoms with E-state index in [-0.39, 0.29) is 21.7 Å². The molecule has 0 bridgehead atoms. The van der Waals surface area contributed by atoms with Crippen molar-refractivity contribution in [3.63, 3.8) is 0 Å². The van der Waals surface area contributed by atoms with Gasteiger partial charge in [0.15, 0.2) is 11.5 Å². The summed E-state index contributed by atoms with van der Waals surface area (Å²) >= 11 is 6.79. The molecule has 0 spiro atoms. The molecule has 0 unspecified atom stereocenters. The van der Waals surface area contributed by atoms with Gasteiger partial charge in [-0.25, -0.2) is 13.5 Å². The van der Waals surface area contributed by atoms with Gasteiger partial charge in [0.05, 0.1) is 16.4 Å².